The Balaban J connectivity index is 2.45. The van der Waals surface area contributed by atoms with E-state index < -0.39 is 0 Å². The number of hydrogen-bond donors (Lipinski definition) is 1. The lowest BCUT2D eigenvalue weighted by atomic mass is 10.5. The Kier molecular flexibility index (Phi) is 0.318. The summed E-state index contributed by atoms with van der Waals surface area (Å²) in [6.07, 6.45) is 5.49. The molecule has 0 atom stereocenters. The molecule has 0 spiro atoms. The molecule has 0 aromatic carbocycles. The monoisotopic (exact) mass is 96.0 g/mol. The normalized spacial score (nSPS) is 21.7. The van der Waals surface area contributed by atoms with Crippen LogP contribution in [0.5, 0.6) is 0 Å². The van der Waals surface area contributed by atoms with E-state index in [1.807, 2.05) is 12.3 Å². The molecular weight excluding hydrogens is 92.1 g/mol. The Morgan fingerprint density at radius 3 is 2.86 bits per heavy atom. The van der Waals surface area contributed by atoms with Gasteiger partial charge in [0.1, 0.15) is 0 Å². The summed E-state index contributed by atoms with van der Waals surface area (Å²) in [5, 5.41) is 1.54. The first kappa shape index (κ1) is 2.96. The molecule has 1 N–H and O–H groups in total. The summed E-state index contributed by atoms with van der Waals surface area (Å²) in [6.45, 7) is 0. The third kappa shape index (κ3) is 0.244. The van der Waals surface area contributed by atoms with E-state index in [1.165, 1.54) is 5.17 Å². The fourth-order valence-electron chi connectivity index (χ4n) is 0.587. The smallest absolute Gasteiger partial charge is 0.177 e. The van der Waals surface area contributed by atoms with Crippen molar-refractivity contribution >= 4 is 0 Å². The van der Waals surface area contributed by atoms with Crippen molar-refractivity contribution in [2.45, 2.75) is 0 Å². The number of fused-ring (bicyclic) bond motifs is 2. The van der Waals surface area contributed by atoms with Gasteiger partial charge >= 0.3 is 0 Å². The van der Waals surface area contributed by atoms with Crippen molar-refractivity contribution in [2.24, 2.45) is 0 Å². The van der Waals surface area contributed by atoms with Gasteiger partial charge < -0.3 is 4.84 Å². The van der Waals surface area contributed by atoms with Crippen molar-refractivity contribution in [3.63, 3.8) is 0 Å². The molecule has 0 radical (unpaired) electrons. The molecule has 0 aliphatic carbocycles. The maximum absolute atomic E-state index is 4.94. The van der Waals surface area contributed by atoms with E-state index in [0.717, 1.165) is 5.76 Å². The zero-order valence-corrected chi connectivity index (χ0v) is 3.59. The first-order valence-corrected chi connectivity index (χ1v) is 2.07. The second-order valence-corrected chi connectivity index (χ2v) is 1.41. The third-order valence-corrected chi connectivity index (χ3v) is 0.912. The van der Waals surface area contributed by atoms with Crippen molar-refractivity contribution in [2.75, 3.05) is 0 Å². The Morgan fingerprint density at radius 2 is 2.71 bits per heavy atom. The largest absolute Gasteiger partial charge is 0.358 e. The van der Waals surface area contributed by atoms with Crippen LogP contribution in [0.1, 0.15) is 0 Å². The minimum Gasteiger partial charge on any atom is -0.358 e. The van der Waals surface area contributed by atoms with Gasteiger partial charge in [-0.1, -0.05) is 0 Å². The molecule has 2 rings (SSSR count). The number of hydrogen-bond acceptors (Lipinski definition) is 3. The van der Waals surface area contributed by atoms with Gasteiger partial charge in [-0.05, 0) is 0 Å². The summed E-state index contributed by atoms with van der Waals surface area (Å²) < 4.78 is 0. The summed E-state index contributed by atoms with van der Waals surface area (Å²) in [4.78, 5) is 4.94. The molecule has 0 fully saturated rings. The molecule has 0 unspecified atom stereocenters. The number of hydroxylamine groups is 1. The third-order valence-electron chi connectivity index (χ3n) is 0.912. The van der Waals surface area contributed by atoms with E-state index in [9.17, 15) is 0 Å². The first-order valence-electron chi connectivity index (χ1n) is 2.07. The lowest BCUT2D eigenvalue weighted by Gasteiger charge is -2.05. The highest BCUT2D eigenvalue weighted by atomic mass is 16.7. The highest BCUT2D eigenvalue weighted by Crippen LogP contribution is 2.14. The summed E-state index contributed by atoms with van der Waals surface area (Å²) in [7, 11) is 0. The predicted octanol–water partition coefficient (Wildman–Crippen LogP) is 0.107. The highest BCUT2D eigenvalue weighted by Gasteiger charge is 2.14. The van der Waals surface area contributed by atoms with Gasteiger partial charge in [-0.2, -0.15) is 0 Å². The van der Waals surface area contributed by atoms with Crippen molar-refractivity contribution in [3.8, 4) is 0 Å². The van der Waals surface area contributed by atoms with Gasteiger partial charge in [0.05, 0.1) is 12.4 Å². The SMILES string of the molecule is C1=CN2NC=C1O2. The van der Waals surface area contributed by atoms with E-state index >= 15 is 0 Å². The number of nitrogens with one attached hydrogen (secondary N) is 1. The molecule has 0 amide bonds. The Hall–Kier alpha value is -1.12. The van der Waals surface area contributed by atoms with Crippen molar-refractivity contribution < 1.29 is 4.84 Å². The van der Waals surface area contributed by atoms with Gasteiger partial charge in [-0.25, -0.2) is 0 Å². The minimum atomic E-state index is 0.875. The van der Waals surface area contributed by atoms with Crippen molar-refractivity contribution in [3.05, 3.63) is 24.2 Å². The molecule has 7 heavy (non-hydrogen) atoms. The maximum Gasteiger partial charge on any atom is 0.177 e. The van der Waals surface area contributed by atoms with Crippen LogP contribution in [0.4, 0.5) is 0 Å². The average Bonchev–Trinajstić information content (AvgIpc) is 2.22. The zero-order chi connectivity index (χ0) is 4.69. The van der Waals surface area contributed by atoms with Crippen LogP contribution in [0, 0.1) is 0 Å². The first-order chi connectivity index (χ1) is 3.45. The van der Waals surface area contributed by atoms with Crippen LogP contribution in [0.25, 0.3) is 0 Å². The van der Waals surface area contributed by atoms with Crippen LogP contribution in [-0.4, -0.2) is 5.17 Å². The topological polar surface area (TPSA) is 24.5 Å². The van der Waals surface area contributed by atoms with Gasteiger partial charge in [0.2, 0.25) is 0 Å². The fourth-order valence-corrected chi connectivity index (χ4v) is 0.587. The second-order valence-electron chi connectivity index (χ2n) is 1.41. The molecule has 2 bridgehead atoms. The Labute approximate surface area is 40.8 Å². The second kappa shape index (κ2) is 0.753. The van der Waals surface area contributed by atoms with Gasteiger partial charge in [0.25, 0.3) is 0 Å². The number of nitrogens with zero attached hydrogens (tertiary/aromatic N) is 1. The van der Waals surface area contributed by atoms with Crippen molar-refractivity contribution in [1.29, 1.82) is 0 Å². The number of allylic oxidation sites excluding steroid dienone is 1. The summed E-state index contributed by atoms with van der Waals surface area (Å²) in [6, 6.07) is 0. The molecule has 36 valence electrons. The maximum atomic E-state index is 4.94. The van der Waals surface area contributed by atoms with E-state index in [4.69, 9.17) is 4.84 Å². The lowest BCUT2D eigenvalue weighted by Crippen LogP contribution is -2.20. The summed E-state index contributed by atoms with van der Waals surface area (Å²) in [5.41, 5.74) is 2.82. The van der Waals surface area contributed by atoms with Crippen LogP contribution >= 0.6 is 0 Å². The molecular formula is C4H4N2O. The van der Waals surface area contributed by atoms with Crippen LogP contribution in [0.2, 0.25) is 0 Å². The minimum absolute atomic E-state index is 0.875. The molecule has 3 nitrogen and oxygen atoms in total. The van der Waals surface area contributed by atoms with Crippen LogP contribution in [-0.2, 0) is 4.84 Å². The molecule has 2 aliphatic rings. The Bertz CT molecular complexity index is 150. The van der Waals surface area contributed by atoms with Gasteiger partial charge in [0, 0.05) is 6.08 Å². The summed E-state index contributed by atoms with van der Waals surface area (Å²) in [5.74, 6) is 0.875. The van der Waals surface area contributed by atoms with Gasteiger partial charge in [-0.3, -0.25) is 5.43 Å². The van der Waals surface area contributed by atoms with E-state index in [1.54, 1.807) is 6.20 Å². The number of hydrazine groups is 1. The van der Waals surface area contributed by atoms with E-state index in [0.29, 0.717) is 0 Å². The molecule has 2 heterocycles. The number of rotatable bonds is 0. The zero-order valence-electron chi connectivity index (χ0n) is 3.59. The van der Waals surface area contributed by atoms with Crippen molar-refractivity contribution in [1.82, 2.24) is 10.6 Å². The van der Waals surface area contributed by atoms with Crippen LogP contribution in [0.3, 0.4) is 0 Å². The lowest BCUT2D eigenvalue weighted by molar-refractivity contribution is -0.0609. The molecule has 0 aromatic rings. The molecule has 0 saturated carbocycles. The summed E-state index contributed by atoms with van der Waals surface area (Å²) >= 11 is 0. The van der Waals surface area contributed by atoms with Gasteiger partial charge in [-0.15, -0.1) is 5.17 Å². The van der Waals surface area contributed by atoms with Gasteiger partial charge in [0.15, 0.2) is 5.76 Å². The molecule has 2 aliphatic heterocycles. The van der Waals surface area contributed by atoms with E-state index in [-0.39, 0.29) is 0 Å². The average molecular weight is 96.1 g/mol. The fraction of sp³-hybridized carbons (Fsp3) is 0. The highest BCUT2D eigenvalue weighted by molar-refractivity contribution is 5.17. The standard InChI is InChI=1S/C4H4N2O/c1-2-6-5-3-4(1)7-6/h1-3,5H. The molecule has 0 aromatic heterocycles. The van der Waals surface area contributed by atoms with Crippen LogP contribution < -0.4 is 5.43 Å². The molecule has 0 saturated heterocycles. The van der Waals surface area contributed by atoms with Crippen LogP contribution in [0.15, 0.2) is 24.2 Å². The Morgan fingerprint density at radius 1 is 1.71 bits per heavy atom. The van der Waals surface area contributed by atoms with E-state index in [2.05, 4.69) is 5.43 Å². The quantitative estimate of drug-likeness (QED) is 0.463. The molecule has 3 heteroatoms. The predicted molar refractivity (Wildman–Crippen MR) is 23.3 cm³/mol.